The number of anilines is 1. The lowest BCUT2D eigenvalue weighted by molar-refractivity contribution is -0.116. The molecule has 0 aliphatic heterocycles. The van der Waals surface area contributed by atoms with E-state index >= 15 is 0 Å². The van der Waals surface area contributed by atoms with Crippen molar-refractivity contribution in [2.45, 2.75) is 0 Å². The third kappa shape index (κ3) is 4.76. The van der Waals surface area contributed by atoms with Crippen LogP contribution in [0, 0.1) is 11.8 Å². The van der Waals surface area contributed by atoms with Crippen molar-refractivity contribution in [3.8, 4) is 11.8 Å². The minimum atomic E-state index is -0.0990. The average molecular weight is 266 g/mol. The SMILES string of the molecule is CN(C)CC(=O)Nc1ccc(Cl)cc1C#CCN. The van der Waals surface area contributed by atoms with E-state index in [1.54, 1.807) is 23.1 Å². The molecule has 0 spiro atoms. The second-order valence-electron chi connectivity index (χ2n) is 3.98. The Morgan fingerprint density at radius 2 is 2.22 bits per heavy atom. The van der Waals surface area contributed by atoms with Crippen molar-refractivity contribution in [3.05, 3.63) is 28.8 Å². The van der Waals surface area contributed by atoms with Crippen molar-refractivity contribution in [3.63, 3.8) is 0 Å². The summed E-state index contributed by atoms with van der Waals surface area (Å²) in [6.07, 6.45) is 0. The fourth-order valence-electron chi connectivity index (χ4n) is 1.35. The molecule has 1 rings (SSSR count). The molecule has 3 N–H and O–H groups in total. The largest absolute Gasteiger partial charge is 0.324 e. The fraction of sp³-hybridized carbons (Fsp3) is 0.308. The summed E-state index contributed by atoms with van der Waals surface area (Å²) >= 11 is 5.90. The smallest absolute Gasteiger partial charge is 0.238 e. The highest BCUT2D eigenvalue weighted by atomic mass is 35.5. The maximum absolute atomic E-state index is 11.7. The molecule has 4 nitrogen and oxygen atoms in total. The van der Waals surface area contributed by atoms with Crippen LogP contribution in [0.3, 0.4) is 0 Å². The van der Waals surface area contributed by atoms with Gasteiger partial charge in [-0.05, 0) is 32.3 Å². The number of carbonyl (C=O) groups is 1. The Bertz CT molecular complexity index is 489. The second kappa shape index (κ2) is 7.02. The van der Waals surface area contributed by atoms with Gasteiger partial charge in [-0.25, -0.2) is 0 Å². The lowest BCUT2D eigenvalue weighted by Crippen LogP contribution is -2.27. The van der Waals surface area contributed by atoms with Crippen LogP contribution in [0.1, 0.15) is 5.56 Å². The number of likely N-dealkylation sites (N-methyl/N-ethyl adjacent to an activating group) is 1. The number of hydrogen-bond donors (Lipinski definition) is 2. The van der Waals surface area contributed by atoms with Crippen LogP contribution in [0.15, 0.2) is 18.2 Å². The maximum Gasteiger partial charge on any atom is 0.238 e. The zero-order valence-corrected chi connectivity index (χ0v) is 11.2. The van der Waals surface area contributed by atoms with Gasteiger partial charge in [0.1, 0.15) is 0 Å². The van der Waals surface area contributed by atoms with Crippen LogP contribution in [0.25, 0.3) is 0 Å². The highest BCUT2D eigenvalue weighted by Gasteiger charge is 2.07. The molecule has 1 aromatic carbocycles. The van der Waals surface area contributed by atoms with Crippen molar-refractivity contribution in [2.24, 2.45) is 5.73 Å². The molecule has 96 valence electrons. The quantitative estimate of drug-likeness (QED) is 0.806. The van der Waals surface area contributed by atoms with Crippen molar-refractivity contribution >= 4 is 23.2 Å². The summed E-state index contributed by atoms with van der Waals surface area (Å²) in [5.41, 5.74) is 6.64. The number of halogens is 1. The molecule has 1 amide bonds. The average Bonchev–Trinajstić information content (AvgIpc) is 2.28. The highest BCUT2D eigenvalue weighted by molar-refractivity contribution is 6.30. The number of hydrogen-bond acceptors (Lipinski definition) is 3. The Balaban J connectivity index is 2.90. The van der Waals surface area contributed by atoms with E-state index in [0.29, 0.717) is 22.8 Å². The molecule has 18 heavy (non-hydrogen) atoms. The van der Waals surface area contributed by atoms with E-state index in [1.807, 2.05) is 14.1 Å². The van der Waals surface area contributed by atoms with Crippen LogP contribution in [-0.4, -0.2) is 38.0 Å². The fourth-order valence-corrected chi connectivity index (χ4v) is 1.52. The molecule has 0 aliphatic rings. The molecule has 0 saturated heterocycles. The van der Waals surface area contributed by atoms with Gasteiger partial charge in [0.25, 0.3) is 0 Å². The standard InChI is InChI=1S/C13H16ClN3O/c1-17(2)9-13(18)16-12-6-5-11(14)8-10(12)4-3-7-15/h5-6,8H,7,9,15H2,1-2H3,(H,16,18). The zero-order valence-electron chi connectivity index (χ0n) is 10.5. The first-order valence-electron chi connectivity index (χ1n) is 5.46. The van der Waals surface area contributed by atoms with Crippen LogP contribution in [0.2, 0.25) is 5.02 Å². The van der Waals surface area contributed by atoms with Gasteiger partial charge in [0.15, 0.2) is 0 Å². The van der Waals surface area contributed by atoms with E-state index < -0.39 is 0 Å². The highest BCUT2D eigenvalue weighted by Crippen LogP contribution is 2.19. The molecular formula is C13H16ClN3O. The van der Waals surface area contributed by atoms with E-state index in [-0.39, 0.29) is 12.5 Å². The molecule has 0 fully saturated rings. The minimum absolute atomic E-state index is 0.0990. The molecule has 0 aliphatic carbocycles. The van der Waals surface area contributed by atoms with Gasteiger partial charge in [-0.1, -0.05) is 23.4 Å². The van der Waals surface area contributed by atoms with Crippen LogP contribution >= 0.6 is 11.6 Å². The normalized spacial score (nSPS) is 9.83. The minimum Gasteiger partial charge on any atom is -0.324 e. The second-order valence-corrected chi connectivity index (χ2v) is 4.42. The van der Waals surface area contributed by atoms with Crippen molar-refractivity contribution in [2.75, 3.05) is 32.5 Å². The predicted molar refractivity (Wildman–Crippen MR) is 74.6 cm³/mol. The first kappa shape index (κ1) is 14.5. The summed E-state index contributed by atoms with van der Waals surface area (Å²) < 4.78 is 0. The first-order valence-corrected chi connectivity index (χ1v) is 5.84. The van der Waals surface area contributed by atoms with Crippen LogP contribution in [0.4, 0.5) is 5.69 Å². The van der Waals surface area contributed by atoms with Gasteiger partial charge < -0.3 is 16.0 Å². The molecular weight excluding hydrogens is 250 g/mol. The van der Waals surface area contributed by atoms with Gasteiger partial charge >= 0.3 is 0 Å². The van der Waals surface area contributed by atoms with Crippen molar-refractivity contribution in [1.82, 2.24) is 4.90 Å². The van der Waals surface area contributed by atoms with E-state index in [4.69, 9.17) is 17.3 Å². The Hall–Kier alpha value is -1.54. The monoisotopic (exact) mass is 265 g/mol. The molecule has 0 bridgehead atoms. The summed E-state index contributed by atoms with van der Waals surface area (Å²) in [7, 11) is 3.66. The number of rotatable bonds is 3. The molecule has 1 aromatic rings. The Morgan fingerprint density at radius 1 is 1.50 bits per heavy atom. The number of benzene rings is 1. The zero-order chi connectivity index (χ0) is 13.5. The lowest BCUT2D eigenvalue weighted by Gasteiger charge is -2.11. The number of carbonyl (C=O) groups excluding carboxylic acids is 1. The molecule has 0 unspecified atom stereocenters. The lowest BCUT2D eigenvalue weighted by atomic mass is 10.2. The summed E-state index contributed by atoms with van der Waals surface area (Å²) in [6, 6.07) is 5.15. The van der Waals surface area contributed by atoms with Gasteiger partial charge in [-0.15, -0.1) is 0 Å². The Labute approximate surface area is 112 Å². The van der Waals surface area contributed by atoms with E-state index in [0.717, 1.165) is 0 Å². The summed E-state index contributed by atoms with van der Waals surface area (Å²) in [6.45, 7) is 0.573. The molecule has 0 atom stereocenters. The van der Waals surface area contributed by atoms with Gasteiger partial charge in [0.05, 0.1) is 18.8 Å². The number of nitrogens with zero attached hydrogens (tertiary/aromatic N) is 1. The van der Waals surface area contributed by atoms with Crippen LogP contribution < -0.4 is 11.1 Å². The third-order valence-electron chi connectivity index (χ3n) is 2.04. The topological polar surface area (TPSA) is 58.4 Å². The van der Waals surface area contributed by atoms with E-state index in [9.17, 15) is 4.79 Å². The van der Waals surface area contributed by atoms with E-state index in [1.165, 1.54) is 0 Å². The molecule has 0 radical (unpaired) electrons. The molecule has 0 aromatic heterocycles. The van der Waals surface area contributed by atoms with Gasteiger partial charge in [-0.2, -0.15) is 0 Å². The van der Waals surface area contributed by atoms with E-state index in [2.05, 4.69) is 17.2 Å². The maximum atomic E-state index is 11.7. The Morgan fingerprint density at radius 3 is 2.83 bits per heavy atom. The van der Waals surface area contributed by atoms with Gasteiger partial charge in [0.2, 0.25) is 5.91 Å². The number of nitrogens with two attached hydrogens (primary N) is 1. The summed E-state index contributed by atoms with van der Waals surface area (Å²) in [4.78, 5) is 13.5. The summed E-state index contributed by atoms with van der Waals surface area (Å²) in [5, 5.41) is 3.37. The van der Waals surface area contributed by atoms with Gasteiger partial charge in [-0.3, -0.25) is 4.79 Å². The first-order chi connectivity index (χ1) is 8.52. The number of nitrogens with one attached hydrogen (secondary N) is 1. The summed E-state index contributed by atoms with van der Waals surface area (Å²) in [5.74, 6) is 5.53. The predicted octanol–water partition coefficient (Wildman–Crippen LogP) is 1.15. The number of amides is 1. The third-order valence-corrected chi connectivity index (χ3v) is 2.28. The van der Waals surface area contributed by atoms with Gasteiger partial charge in [0, 0.05) is 10.6 Å². The molecule has 5 heteroatoms. The van der Waals surface area contributed by atoms with Crippen molar-refractivity contribution in [1.29, 1.82) is 0 Å². The molecule has 0 saturated carbocycles. The van der Waals surface area contributed by atoms with Crippen molar-refractivity contribution < 1.29 is 4.79 Å². The van der Waals surface area contributed by atoms with Crippen LogP contribution in [0.5, 0.6) is 0 Å². The van der Waals surface area contributed by atoms with Crippen LogP contribution in [-0.2, 0) is 4.79 Å². The Kier molecular flexibility index (Phi) is 5.66. The molecule has 0 heterocycles.